The van der Waals surface area contributed by atoms with Gasteiger partial charge in [0.05, 0.1) is 24.9 Å². The maximum absolute atomic E-state index is 12.2. The van der Waals surface area contributed by atoms with Crippen LogP contribution in [0.25, 0.3) is 0 Å². The molecule has 0 saturated carbocycles. The van der Waals surface area contributed by atoms with Crippen molar-refractivity contribution in [1.82, 2.24) is 10.4 Å². The number of rotatable bonds is 11. The topological polar surface area (TPSA) is 141 Å². The molecule has 4 rings (SSSR count). The number of β-amino-alcohol motifs (C(OH)–C–C–N with tert-alkyl or cyclic N) is 1. The van der Waals surface area contributed by atoms with Crippen molar-refractivity contribution in [2.45, 2.75) is 69.7 Å². The first-order chi connectivity index (χ1) is 18.4. The Labute approximate surface area is 222 Å². The molecular weight excluding hydrogens is 490 g/mol. The van der Waals surface area contributed by atoms with E-state index in [4.69, 9.17) is 14.7 Å². The van der Waals surface area contributed by atoms with E-state index in [2.05, 4.69) is 10.2 Å². The van der Waals surface area contributed by atoms with Crippen LogP contribution in [0.2, 0.25) is 0 Å². The molecule has 2 heterocycles. The van der Waals surface area contributed by atoms with E-state index < -0.39 is 12.2 Å². The van der Waals surface area contributed by atoms with E-state index in [9.17, 15) is 19.8 Å². The summed E-state index contributed by atoms with van der Waals surface area (Å²) in [4.78, 5) is 25.5. The van der Waals surface area contributed by atoms with Crippen molar-refractivity contribution in [2.24, 2.45) is 0 Å². The Morgan fingerprint density at radius 3 is 2.26 bits per heavy atom. The van der Waals surface area contributed by atoms with Crippen LogP contribution in [-0.2, 0) is 25.7 Å². The number of unbranched alkanes of at least 4 members (excludes halogenated alkanes) is 1. The number of nitrogens with one attached hydrogen (secondary N) is 2. The number of hydrogen-bond acceptors (Lipinski definition) is 8. The van der Waals surface area contributed by atoms with E-state index >= 15 is 0 Å². The molecule has 0 aromatic heterocycles. The zero-order chi connectivity index (χ0) is 26.9. The normalized spacial score (nSPS) is 23.8. The van der Waals surface area contributed by atoms with E-state index in [1.807, 2.05) is 48.5 Å². The first-order valence-electron chi connectivity index (χ1n) is 13.2. The summed E-state index contributed by atoms with van der Waals surface area (Å²) >= 11 is 0. The fourth-order valence-electron chi connectivity index (χ4n) is 4.87. The Morgan fingerprint density at radius 1 is 0.947 bits per heavy atom. The molecule has 2 aliphatic heterocycles. The first-order valence-corrected chi connectivity index (χ1v) is 13.2. The van der Waals surface area contributed by atoms with Gasteiger partial charge in [-0.05, 0) is 42.5 Å². The molecule has 2 aromatic rings. The quantitative estimate of drug-likeness (QED) is 0.171. The molecule has 2 fully saturated rings. The summed E-state index contributed by atoms with van der Waals surface area (Å²) in [5.41, 5.74) is 4.93. The number of hydrogen-bond donors (Lipinski definition) is 5. The highest BCUT2D eigenvalue weighted by atomic mass is 16.7. The van der Waals surface area contributed by atoms with Crippen molar-refractivity contribution in [3.05, 3.63) is 65.2 Å². The van der Waals surface area contributed by atoms with Crippen LogP contribution in [0.4, 0.5) is 5.69 Å². The Balaban J connectivity index is 1.38. The predicted octanol–water partition coefficient (Wildman–Crippen LogP) is 2.80. The van der Waals surface area contributed by atoms with Crippen LogP contribution in [0.3, 0.4) is 0 Å². The van der Waals surface area contributed by atoms with E-state index in [0.717, 1.165) is 29.7 Å². The standard InChI is InChI=1S/C28H37N3O7/c32-18-19-5-7-20(8-6-19)25-15-24(17-31-14-13-23(33)16-31)37-28(38-25)21-9-11-22(12-10-21)29-26(34)3-1-2-4-27(35)30-36/h5-12,23-25,28,32-33,36H,1-4,13-18H2,(H,29,34)(H,30,35)/t23-,24-,25+,28+/m0/s1. The van der Waals surface area contributed by atoms with Crippen LogP contribution in [0.5, 0.6) is 0 Å². The molecule has 0 radical (unpaired) electrons. The van der Waals surface area contributed by atoms with Crippen molar-refractivity contribution < 1.29 is 34.5 Å². The van der Waals surface area contributed by atoms with Gasteiger partial charge < -0.3 is 25.0 Å². The Morgan fingerprint density at radius 2 is 1.63 bits per heavy atom. The Kier molecular flexibility index (Phi) is 10.2. The van der Waals surface area contributed by atoms with Gasteiger partial charge in [-0.2, -0.15) is 0 Å². The number of benzene rings is 2. The number of hydroxylamine groups is 1. The molecule has 206 valence electrons. The summed E-state index contributed by atoms with van der Waals surface area (Å²) in [7, 11) is 0. The van der Waals surface area contributed by atoms with Crippen LogP contribution in [0.15, 0.2) is 48.5 Å². The molecule has 10 heteroatoms. The van der Waals surface area contributed by atoms with Crippen LogP contribution in [0, 0.1) is 0 Å². The van der Waals surface area contributed by atoms with Gasteiger partial charge in [0.2, 0.25) is 11.8 Å². The lowest BCUT2D eigenvalue weighted by Crippen LogP contribution is -2.38. The highest BCUT2D eigenvalue weighted by molar-refractivity contribution is 5.90. The summed E-state index contributed by atoms with van der Waals surface area (Å²) in [6.45, 7) is 2.17. The van der Waals surface area contributed by atoms with E-state index in [0.29, 0.717) is 38.0 Å². The Hall–Kier alpha value is -2.86. The number of carbonyl (C=O) groups is 2. The summed E-state index contributed by atoms with van der Waals surface area (Å²) in [5, 5.41) is 30.7. The van der Waals surface area contributed by atoms with Crippen molar-refractivity contribution in [2.75, 3.05) is 25.0 Å². The van der Waals surface area contributed by atoms with Crippen molar-refractivity contribution in [3.8, 4) is 0 Å². The number of amides is 2. The summed E-state index contributed by atoms with van der Waals surface area (Å²) in [6.07, 6.45) is 1.78. The average molecular weight is 528 g/mol. The number of aliphatic hydroxyl groups excluding tert-OH is 2. The highest BCUT2D eigenvalue weighted by Gasteiger charge is 2.34. The van der Waals surface area contributed by atoms with Gasteiger partial charge in [-0.1, -0.05) is 36.4 Å². The smallest absolute Gasteiger partial charge is 0.243 e. The summed E-state index contributed by atoms with van der Waals surface area (Å²) < 4.78 is 12.7. The third-order valence-electron chi connectivity index (χ3n) is 6.97. The fraction of sp³-hybridized carbons (Fsp3) is 0.500. The zero-order valence-corrected chi connectivity index (χ0v) is 21.4. The third kappa shape index (κ3) is 8.07. The molecule has 2 aliphatic rings. The van der Waals surface area contributed by atoms with E-state index in [1.165, 1.54) is 0 Å². The molecule has 38 heavy (non-hydrogen) atoms. The van der Waals surface area contributed by atoms with Gasteiger partial charge in [-0.15, -0.1) is 0 Å². The SMILES string of the molecule is O=C(CCCCC(=O)Nc1ccc([C@@H]2O[C@H](CN3CC[C@H](O)C3)C[C@H](c3ccc(CO)cc3)O2)cc1)NO. The lowest BCUT2D eigenvalue weighted by molar-refractivity contribution is -0.252. The predicted molar refractivity (Wildman–Crippen MR) is 139 cm³/mol. The van der Waals surface area contributed by atoms with Crippen molar-refractivity contribution >= 4 is 17.5 Å². The summed E-state index contributed by atoms with van der Waals surface area (Å²) in [6, 6.07) is 15.1. The summed E-state index contributed by atoms with van der Waals surface area (Å²) in [5.74, 6) is -0.607. The first kappa shape index (κ1) is 28.2. The van der Waals surface area contributed by atoms with E-state index in [-0.39, 0.29) is 43.7 Å². The molecule has 4 atom stereocenters. The molecule has 0 spiro atoms. The maximum Gasteiger partial charge on any atom is 0.243 e. The monoisotopic (exact) mass is 527 g/mol. The zero-order valence-electron chi connectivity index (χ0n) is 21.4. The molecule has 0 aliphatic carbocycles. The molecule has 0 bridgehead atoms. The number of anilines is 1. The molecule has 0 unspecified atom stereocenters. The second kappa shape index (κ2) is 13.8. The van der Waals surface area contributed by atoms with Gasteiger partial charge in [-0.25, -0.2) is 5.48 Å². The van der Waals surface area contributed by atoms with Crippen molar-refractivity contribution in [3.63, 3.8) is 0 Å². The number of nitrogens with zero attached hydrogens (tertiary/aromatic N) is 1. The van der Waals surface area contributed by atoms with Gasteiger partial charge >= 0.3 is 0 Å². The molecular formula is C28H37N3O7. The molecule has 2 aromatic carbocycles. The van der Waals surface area contributed by atoms with Gasteiger partial charge in [-0.3, -0.25) is 19.7 Å². The van der Waals surface area contributed by atoms with Crippen molar-refractivity contribution in [1.29, 1.82) is 0 Å². The van der Waals surface area contributed by atoms with Gasteiger partial charge in [0, 0.05) is 50.1 Å². The lowest BCUT2D eigenvalue weighted by atomic mass is 9.99. The van der Waals surface area contributed by atoms with Crippen LogP contribution < -0.4 is 10.8 Å². The van der Waals surface area contributed by atoms with Crippen LogP contribution >= 0.6 is 0 Å². The number of aliphatic hydroxyl groups is 2. The minimum absolute atomic E-state index is 0.0127. The molecule has 2 saturated heterocycles. The minimum atomic E-state index is -0.591. The molecule has 2 amide bonds. The van der Waals surface area contributed by atoms with E-state index in [1.54, 1.807) is 5.48 Å². The van der Waals surface area contributed by atoms with Gasteiger partial charge in [0.25, 0.3) is 0 Å². The van der Waals surface area contributed by atoms with Crippen LogP contribution in [0.1, 0.15) is 67.6 Å². The van der Waals surface area contributed by atoms with Gasteiger partial charge in [0.15, 0.2) is 6.29 Å². The number of likely N-dealkylation sites (tertiary alicyclic amines) is 1. The molecule has 5 N–H and O–H groups in total. The highest BCUT2D eigenvalue weighted by Crippen LogP contribution is 2.38. The number of ether oxygens (including phenoxy) is 2. The van der Waals surface area contributed by atoms with Crippen LogP contribution in [-0.4, -0.2) is 64.0 Å². The van der Waals surface area contributed by atoms with Gasteiger partial charge in [0.1, 0.15) is 0 Å². The number of carbonyl (C=O) groups excluding carboxylic acids is 2. The second-order valence-corrected chi connectivity index (χ2v) is 9.96. The fourth-order valence-corrected chi connectivity index (χ4v) is 4.87. The second-order valence-electron chi connectivity index (χ2n) is 9.96. The molecule has 10 nitrogen and oxygen atoms in total. The lowest BCUT2D eigenvalue weighted by Gasteiger charge is -2.37. The average Bonchev–Trinajstić information content (AvgIpc) is 3.35. The minimum Gasteiger partial charge on any atom is -0.392 e. The maximum atomic E-state index is 12.2. The Bertz CT molecular complexity index is 1050. The largest absolute Gasteiger partial charge is 0.392 e. The third-order valence-corrected chi connectivity index (χ3v) is 6.97.